The highest BCUT2D eigenvalue weighted by molar-refractivity contribution is 7.89. The van der Waals surface area contributed by atoms with Crippen molar-refractivity contribution in [3.63, 3.8) is 0 Å². The first-order chi connectivity index (χ1) is 9.02. The Morgan fingerprint density at radius 3 is 2.74 bits per heavy atom. The molecule has 104 valence electrons. The Bertz CT molecular complexity index is 597. The van der Waals surface area contributed by atoms with Gasteiger partial charge in [-0.05, 0) is 55.4 Å². The van der Waals surface area contributed by atoms with E-state index in [1.54, 1.807) is 22.5 Å². The van der Waals surface area contributed by atoms with Crippen molar-refractivity contribution < 1.29 is 13.5 Å². The van der Waals surface area contributed by atoms with E-state index >= 15 is 0 Å². The van der Waals surface area contributed by atoms with E-state index in [2.05, 4.69) is 0 Å². The van der Waals surface area contributed by atoms with E-state index in [9.17, 15) is 13.5 Å². The van der Waals surface area contributed by atoms with Gasteiger partial charge in [0.1, 0.15) is 0 Å². The molecule has 1 aromatic rings. The molecule has 2 aliphatic rings. The lowest BCUT2D eigenvalue weighted by Crippen LogP contribution is -2.37. The van der Waals surface area contributed by atoms with Crippen LogP contribution in [-0.4, -0.2) is 30.4 Å². The Hall–Kier alpha value is -0.910. The standard InChI is InChI=1S/C14H19NO3S/c1-10-2-5-14(7-12(10)9-16)19(17,18)15-8-11-3-4-13(15)6-11/h2,5,7,11,13,16H,3-4,6,8-9H2,1H3. The number of fused-ring (bicyclic) bond motifs is 2. The molecule has 3 rings (SSSR count). The molecule has 0 spiro atoms. The largest absolute Gasteiger partial charge is 0.392 e. The van der Waals surface area contributed by atoms with Crippen molar-refractivity contribution in [3.05, 3.63) is 29.3 Å². The van der Waals surface area contributed by atoms with Crippen LogP contribution in [0.3, 0.4) is 0 Å². The maximum absolute atomic E-state index is 12.6. The Morgan fingerprint density at radius 2 is 2.16 bits per heavy atom. The number of hydrogen-bond acceptors (Lipinski definition) is 3. The normalized spacial score (nSPS) is 27.1. The van der Waals surface area contributed by atoms with E-state index in [-0.39, 0.29) is 12.6 Å². The molecular weight excluding hydrogens is 262 g/mol. The van der Waals surface area contributed by atoms with Crippen LogP contribution in [0.1, 0.15) is 30.4 Å². The van der Waals surface area contributed by atoms with E-state index < -0.39 is 10.0 Å². The molecule has 1 heterocycles. The highest BCUT2D eigenvalue weighted by Gasteiger charge is 2.44. The van der Waals surface area contributed by atoms with Gasteiger partial charge in [-0.1, -0.05) is 6.07 Å². The third-order valence-corrected chi connectivity index (χ3v) is 6.37. The van der Waals surface area contributed by atoms with E-state index in [1.165, 1.54) is 0 Å². The first-order valence-electron chi connectivity index (χ1n) is 6.74. The summed E-state index contributed by atoms with van der Waals surface area (Å²) >= 11 is 0. The van der Waals surface area contributed by atoms with Gasteiger partial charge in [0.15, 0.2) is 0 Å². The first-order valence-corrected chi connectivity index (χ1v) is 8.18. The Morgan fingerprint density at radius 1 is 1.37 bits per heavy atom. The van der Waals surface area contributed by atoms with Crippen LogP contribution >= 0.6 is 0 Å². The molecule has 1 aliphatic heterocycles. The predicted octanol–water partition coefficient (Wildman–Crippen LogP) is 1.66. The summed E-state index contributed by atoms with van der Waals surface area (Å²) < 4.78 is 27.0. The average molecular weight is 281 g/mol. The molecule has 19 heavy (non-hydrogen) atoms. The minimum Gasteiger partial charge on any atom is -0.392 e. The molecule has 0 amide bonds. The second-order valence-corrected chi connectivity index (χ2v) is 7.54. The summed E-state index contributed by atoms with van der Waals surface area (Å²) in [6.45, 7) is 2.41. The molecule has 5 heteroatoms. The molecule has 1 aliphatic carbocycles. The lowest BCUT2D eigenvalue weighted by molar-refractivity contribution is 0.280. The number of aryl methyl sites for hydroxylation is 1. The van der Waals surface area contributed by atoms with Crippen LogP contribution in [-0.2, 0) is 16.6 Å². The fourth-order valence-corrected chi connectivity index (χ4v) is 5.08. The summed E-state index contributed by atoms with van der Waals surface area (Å²) in [4.78, 5) is 0.315. The number of piperidine rings is 1. The lowest BCUT2D eigenvalue weighted by atomic mass is 10.1. The van der Waals surface area contributed by atoms with Crippen molar-refractivity contribution in [2.24, 2.45) is 5.92 Å². The highest BCUT2D eigenvalue weighted by atomic mass is 32.2. The van der Waals surface area contributed by atoms with Crippen molar-refractivity contribution >= 4 is 10.0 Å². The number of sulfonamides is 1. The third kappa shape index (κ3) is 2.10. The van der Waals surface area contributed by atoms with Crippen molar-refractivity contribution in [3.8, 4) is 0 Å². The minimum absolute atomic E-state index is 0.124. The van der Waals surface area contributed by atoms with Crippen molar-refractivity contribution in [1.29, 1.82) is 0 Å². The molecule has 0 radical (unpaired) electrons. The number of nitrogens with zero attached hydrogens (tertiary/aromatic N) is 1. The molecule has 1 saturated heterocycles. The highest BCUT2D eigenvalue weighted by Crippen LogP contribution is 2.40. The van der Waals surface area contributed by atoms with Gasteiger partial charge in [-0.3, -0.25) is 0 Å². The van der Waals surface area contributed by atoms with Gasteiger partial charge in [0.2, 0.25) is 10.0 Å². The fraction of sp³-hybridized carbons (Fsp3) is 0.571. The molecule has 2 fully saturated rings. The van der Waals surface area contributed by atoms with Crippen LogP contribution in [0.4, 0.5) is 0 Å². The summed E-state index contributed by atoms with van der Waals surface area (Å²) in [6.07, 6.45) is 3.16. The summed E-state index contributed by atoms with van der Waals surface area (Å²) in [5.41, 5.74) is 1.61. The monoisotopic (exact) mass is 281 g/mol. The van der Waals surface area contributed by atoms with Gasteiger partial charge in [0, 0.05) is 12.6 Å². The van der Waals surface area contributed by atoms with Gasteiger partial charge < -0.3 is 5.11 Å². The third-order valence-electron chi connectivity index (χ3n) is 4.46. The second-order valence-electron chi connectivity index (χ2n) is 5.65. The van der Waals surface area contributed by atoms with E-state index in [1.807, 2.05) is 6.92 Å². The van der Waals surface area contributed by atoms with Gasteiger partial charge in [0.25, 0.3) is 0 Å². The maximum Gasteiger partial charge on any atom is 0.243 e. The molecule has 2 unspecified atom stereocenters. The van der Waals surface area contributed by atoms with Gasteiger partial charge >= 0.3 is 0 Å². The zero-order valence-corrected chi connectivity index (χ0v) is 11.9. The Labute approximate surface area is 114 Å². The lowest BCUT2D eigenvalue weighted by Gasteiger charge is -2.26. The van der Waals surface area contributed by atoms with Crippen LogP contribution in [0.25, 0.3) is 0 Å². The SMILES string of the molecule is Cc1ccc(S(=O)(=O)N2CC3CCC2C3)cc1CO. The molecule has 1 N–H and O–H groups in total. The van der Waals surface area contributed by atoms with Gasteiger partial charge in [-0.15, -0.1) is 0 Å². The minimum atomic E-state index is -3.40. The van der Waals surface area contributed by atoms with Gasteiger partial charge in [-0.2, -0.15) is 4.31 Å². The molecule has 4 nitrogen and oxygen atoms in total. The molecule has 0 aromatic heterocycles. The number of aliphatic hydroxyl groups is 1. The zero-order valence-electron chi connectivity index (χ0n) is 11.0. The first kappa shape index (κ1) is 13.1. The molecule has 1 saturated carbocycles. The van der Waals surface area contributed by atoms with Crippen LogP contribution < -0.4 is 0 Å². The number of hydrogen-bond donors (Lipinski definition) is 1. The van der Waals surface area contributed by atoms with Gasteiger partial charge in [0.05, 0.1) is 11.5 Å². The van der Waals surface area contributed by atoms with Crippen molar-refractivity contribution in [2.45, 2.75) is 43.7 Å². The average Bonchev–Trinajstić information content (AvgIpc) is 3.01. The number of rotatable bonds is 3. The quantitative estimate of drug-likeness (QED) is 0.916. The van der Waals surface area contributed by atoms with Crippen LogP contribution in [0.5, 0.6) is 0 Å². The maximum atomic E-state index is 12.6. The van der Waals surface area contributed by atoms with Crippen LogP contribution in [0.2, 0.25) is 0 Å². The van der Waals surface area contributed by atoms with Crippen LogP contribution in [0, 0.1) is 12.8 Å². The molecule has 2 atom stereocenters. The predicted molar refractivity (Wildman–Crippen MR) is 72.1 cm³/mol. The smallest absolute Gasteiger partial charge is 0.243 e. The summed E-state index contributed by atoms with van der Waals surface area (Å²) in [5, 5.41) is 9.27. The number of benzene rings is 1. The van der Waals surface area contributed by atoms with E-state index in [0.717, 1.165) is 24.8 Å². The van der Waals surface area contributed by atoms with Crippen molar-refractivity contribution in [2.75, 3.05) is 6.54 Å². The summed E-state index contributed by atoms with van der Waals surface area (Å²) in [7, 11) is -3.40. The molecule has 2 bridgehead atoms. The Balaban J connectivity index is 1.96. The summed E-state index contributed by atoms with van der Waals surface area (Å²) in [6, 6.07) is 5.22. The second kappa shape index (κ2) is 4.58. The number of aliphatic hydroxyl groups excluding tert-OH is 1. The van der Waals surface area contributed by atoms with E-state index in [4.69, 9.17) is 0 Å². The zero-order chi connectivity index (χ0) is 13.6. The fourth-order valence-electron chi connectivity index (χ4n) is 3.29. The van der Waals surface area contributed by atoms with E-state index in [0.29, 0.717) is 22.9 Å². The topological polar surface area (TPSA) is 57.6 Å². The van der Waals surface area contributed by atoms with Crippen molar-refractivity contribution in [1.82, 2.24) is 4.31 Å². The summed E-state index contributed by atoms with van der Waals surface area (Å²) in [5.74, 6) is 0.544. The van der Waals surface area contributed by atoms with Crippen LogP contribution in [0.15, 0.2) is 23.1 Å². The molecular formula is C14H19NO3S. The molecule has 1 aromatic carbocycles. The van der Waals surface area contributed by atoms with Gasteiger partial charge in [-0.25, -0.2) is 8.42 Å². The Kier molecular flexibility index (Phi) is 3.15.